The van der Waals surface area contributed by atoms with Gasteiger partial charge < -0.3 is 10.4 Å². The second kappa shape index (κ2) is 7.35. The molecule has 0 fully saturated rings. The predicted octanol–water partition coefficient (Wildman–Crippen LogP) is 1.23. The van der Waals surface area contributed by atoms with Crippen LogP contribution in [0.1, 0.15) is 21.5 Å². The third-order valence-electron chi connectivity index (χ3n) is 4.10. The first-order valence-corrected chi connectivity index (χ1v) is 7.88. The molecule has 120 valence electrons. The molecule has 0 bridgehead atoms. The molecule has 3 rings (SSSR count). The number of aliphatic hydroxyl groups excluding tert-OH is 1. The van der Waals surface area contributed by atoms with E-state index in [2.05, 4.69) is 33.4 Å². The molecule has 5 heteroatoms. The van der Waals surface area contributed by atoms with Crippen molar-refractivity contribution in [3.63, 3.8) is 0 Å². The van der Waals surface area contributed by atoms with Gasteiger partial charge in [-0.3, -0.25) is 14.7 Å². The number of benzene rings is 1. The lowest BCUT2D eigenvalue weighted by atomic mass is 10.00. The number of nitrogens with zero attached hydrogens (tertiary/aromatic N) is 2. The molecule has 1 aliphatic heterocycles. The largest absolute Gasteiger partial charge is 0.390 e. The van der Waals surface area contributed by atoms with Gasteiger partial charge in [0.25, 0.3) is 5.91 Å². The minimum Gasteiger partial charge on any atom is -0.390 e. The zero-order valence-corrected chi connectivity index (χ0v) is 13.0. The Kier molecular flexibility index (Phi) is 5.00. The SMILES string of the molecule is O=C(NC[C@H](O)CN1CCc2ccccc2C1)c1cccnc1. The topological polar surface area (TPSA) is 65.5 Å². The number of aromatic nitrogens is 1. The molecule has 1 atom stereocenters. The monoisotopic (exact) mass is 311 g/mol. The first-order chi connectivity index (χ1) is 11.2. The second-order valence-corrected chi connectivity index (χ2v) is 5.86. The zero-order valence-electron chi connectivity index (χ0n) is 13.0. The predicted molar refractivity (Wildman–Crippen MR) is 88.0 cm³/mol. The Bertz CT molecular complexity index is 660. The molecule has 23 heavy (non-hydrogen) atoms. The summed E-state index contributed by atoms with van der Waals surface area (Å²) in [5.74, 6) is -0.207. The Morgan fingerprint density at radius 3 is 2.87 bits per heavy atom. The van der Waals surface area contributed by atoms with E-state index in [1.54, 1.807) is 18.3 Å². The maximum absolute atomic E-state index is 11.9. The third-order valence-corrected chi connectivity index (χ3v) is 4.10. The van der Waals surface area contributed by atoms with Crippen LogP contribution in [0.15, 0.2) is 48.8 Å². The van der Waals surface area contributed by atoms with Crippen molar-refractivity contribution in [2.24, 2.45) is 0 Å². The Morgan fingerprint density at radius 1 is 1.26 bits per heavy atom. The fraction of sp³-hybridized carbons (Fsp3) is 0.333. The van der Waals surface area contributed by atoms with E-state index < -0.39 is 6.10 Å². The summed E-state index contributed by atoms with van der Waals surface area (Å²) in [6, 6.07) is 11.8. The van der Waals surface area contributed by atoms with Gasteiger partial charge in [0.05, 0.1) is 11.7 Å². The van der Waals surface area contributed by atoms with Crippen LogP contribution in [0.3, 0.4) is 0 Å². The van der Waals surface area contributed by atoms with E-state index >= 15 is 0 Å². The van der Waals surface area contributed by atoms with E-state index in [0.717, 1.165) is 19.5 Å². The molecular weight excluding hydrogens is 290 g/mol. The first kappa shape index (κ1) is 15.6. The number of amides is 1. The molecule has 2 N–H and O–H groups in total. The van der Waals surface area contributed by atoms with Gasteiger partial charge in [0.15, 0.2) is 0 Å². The molecule has 0 unspecified atom stereocenters. The van der Waals surface area contributed by atoms with Gasteiger partial charge in [-0.1, -0.05) is 24.3 Å². The van der Waals surface area contributed by atoms with Gasteiger partial charge in [-0.2, -0.15) is 0 Å². The maximum atomic E-state index is 11.9. The van der Waals surface area contributed by atoms with Gasteiger partial charge in [0.2, 0.25) is 0 Å². The Labute approximate surface area is 136 Å². The molecule has 0 saturated carbocycles. The average Bonchev–Trinajstić information content (AvgIpc) is 2.60. The number of rotatable bonds is 5. The van der Waals surface area contributed by atoms with Crippen LogP contribution < -0.4 is 5.32 Å². The zero-order chi connectivity index (χ0) is 16.1. The fourth-order valence-electron chi connectivity index (χ4n) is 2.88. The Balaban J connectivity index is 1.47. The van der Waals surface area contributed by atoms with Gasteiger partial charge in [0.1, 0.15) is 0 Å². The number of fused-ring (bicyclic) bond motifs is 1. The van der Waals surface area contributed by atoms with Crippen LogP contribution in [-0.4, -0.2) is 46.6 Å². The smallest absolute Gasteiger partial charge is 0.252 e. The number of aliphatic hydroxyl groups is 1. The van der Waals surface area contributed by atoms with E-state index in [4.69, 9.17) is 0 Å². The normalized spacial score (nSPS) is 15.7. The molecule has 1 aliphatic rings. The quantitative estimate of drug-likeness (QED) is 0.872. The van der Waals surface area contributed by atoms with Gasteiger partial charge in [0, 0.05) is 38.6 Å². The molecule has 1 amide bonds. The Hall–Kier alpha value is -2.24. The van der Waals surface area contributed by atoms with Crippen LogP contribution in [0.25, 0.3) is 0 Å². The highest BCUT2D eigenvalue weighted by Gasteiger charge is 2.18. The summed E-state index contributed by atoms with van der Waals surface area (Å²) in [6.07, 6.45) is 3.56. The molecule has 0 saturated heterocycles. The Morgan fingerprint density at radius 2 is 2.09 bits per heavy atom. The summed E-state index contributed by atoms with van der Waals surface area (Å²) in [7, 11) is 0. The number of pyridine rings is 1. The summed E-state index contributed by atoms with van der Waals surface area (Å²) in [4.78, 5) is 18.1. The third kappa shape index (κ3) is 4.15. The van der Waals surface area contributed by atoms with Gasteiger partial charge in [-0.05, 0) is 29.7 Å². The second-order valence-electron chi connectivity index (χ2n) is 5.86. The van der Waals surface area contributed by atoms with Crippen LogP contribution in [0.4, 0.5) is 0 Å². The van der Waals surface area contributed by atoms with Gasteiger partial charge >= 0.3 is 0 Å². The summed E-state index contributed by atoms with van der Waals surface area (Å²) in [5, 5.41) is 12.9. The van der Waals surface area contributed by atoms with Gasteiger partial charge in [-0.15, -0.1) is 0 Å². The van der Waals surface area contributed by atoms with Crippen LogP contribution in [0, 0.1) is 0 Å². The highest BCUT2D eigenvalue weighted by Crippen LogP contribution is 2.18. The number of nitrogens with one attached hydrogen (secondary N) is 1. The molecule has 1 aromatic heterocycles. The molecular formula is C18H21N3O2. The molecule has 0 radical (unpaired) electrons. The number of hydrogen-bond donors (Lipinski definition) is 2. The van der Waals surface area contributed by atoms with E-state index in [1.807, 2.05) is 6.07 Å². The molecule has 5 nitrogen and oxygen atoms in total. The van der Waals surface area contributed by atoms with Crippen molar-refractivity contribution in [1.29, 1.82) is 0 Å². The standard InChI is InChI=1S/C18H21N3O2/c22-17(11-20-18(23)15-6-3-8-19-10-15)13-21-9-7-14-4-1-2-5-16(14)12-21/h1-6,8,10,17,22H,7,9,11-13H2,(H,20,23)/t17-/m0/s1. The number of carbonyl (C=O) groups is 1. The minimum absolute atomic E-state index is 0.207. The van der Waals surface area contributed by atoms with E-state index in [1.165, 1.54) is 17.3 Å². The van der Waals surface area contributed by atoms with E-state index in [0.29, 0.717) is 12.1 Å². The highest BCUT2D eigenvalue weighted by atomic mass is 16.3. The van der Waals surface area contributed by atoms with Crippen molar-refractivity contribution < 1.29 is 9.90 Å². The van der Waals surface area contributed by atoms with Crippen LogP contribution in [-0.2, 0) is 13.0 Å². The fourth-order valence-corrected chi connectivity index (χ4v) is 2.88. The number of β-amino-alcohol motifs (C(OH)–C–C–N with tert-alkyl or cyclic N) is 1. The number of carbonyl (C=O) groups excluding carboxylic acids is 1. The molecule has 0 aliphatic carbocycles. The van der Waals surface area contributed by atoms with Crippen molar-refractivity contribution >= 4 is 5.91 Å². The maximum Gasteiger partial charge on any atom is 0.252 e. The molecule has 2 aromatic rings. The van der Waals surface area contributed by atoms with Crippen molar-refractivity contribution in [2.45, 2.75) is 19.1 Å². The number of hydrogen-bond acceptors (Lipinski definition) is 4. The lowest BCUT2D eigenvalue weighted by Gasteiger charge is -2.30. The average molecular weight is 311 g/mol. The van der Waals surface area contributed by atoms with Crippen LogP contribution in [0.2, 0.25) is 0 Å². The minimum atomic E-state index is -0.583. The van der Waals surface area contributed by atoms with Gasteiger partial charge in [-0.25, -0.2) is 0 Å². The molecule has 1 aromatic carbocycles. The summed E-state index contributed by atoms with van der Waals surface area (Å²) < 4.78 is 0. The van der Waals surface area contributed by atoms with Crippen molar-refractivity contribution in [3.8, 4) is 0 Å². The lowest BCUT2D eigenvalue weighted by molar-refractivity contribution is 0.0841. The van der Waals surface area contributed by atoms with Crippen molar-refractivity contribution in [2.75, 3.05) is 19.6 Å². The van der Waals surface area contributed by atoms with Crippen molar-refractivity contribution in [3.05, 3.63) is 65.5 Å². The lowest BCUT2D eigenvalue weighted by Crippen LogP contribution is -2.42. The summed E-state index contributed by atoms with van der Waals surface area (Å²) >= 11 is 0. The van der Waals surface area contributed by atoms with Crippen LogP contribution >= 0.6 is 0 Å². The molecule has 2 heterocycles. The first-order valence-electron chi connectivity index (χ1n) is 7.88. The van der Waals surface area contributed by atoms with E-state index in [9.17, 15) is 9.90 Å². The highest BCUT2D eigenvalue weighted by molar-refractivity contribution is 5.93. The molecule has 0 spiro atoms. The summed E-state index contributed by atoms with van der Waals surface area (Å²) in [6.45, 7) is 2.59. The van der Waals surface area contributed by atoms with E-state index in [-0.39, 0.29) is 12.5 Å². The van der Waals surface area contributed by atoms with Crippen LogP contribution in [0.5, 0.6) is 0 Å². The summed E-state index contributed by atoms with van der Waals surface area (Å²) in [5.41, 5.74) is 3.22. The van der Waals surface area contributed by atoms with Crippen molar-refractivity contribution in [1.82, 2.24) is 15.2 Å².